The molecule has 0 aliphatic rings. The average Bonchev–Trinajstić information content (AvgIpc) is 2.97. The summed E-state index contributed by atoms with van der Waals surface area (Å²) in [5, 5.41) is 6.46. The van der Waals surface area contributed by atoms with E-state index in [2.05, 4.69) is 19.9 Å². The molecule has 0 atom stereocenters. The van der Waals surface area contributed by atoms with E-state index in [1.165, 1.54) is 6.33 Å². The Morgan fingerprint density at radius 3 is 2.80 bits per heavy atom. The van der Waals surface area contributed by atoms with Gasteiger partial charge in [-0.3, -0.25) is 5.10 Å². The van der Waals surface area contributed by atoms with Crippen molar-refractivity contribution in [1.29, 1.82) is 0 Å². The van der Waals surface area contributed by atoms with Crippen molar-refractivity contribution in [3.63, 3.8) is 0 Å². The lowest BCUT2D eigenvalue weighted by molar-refractivity contribution is 0.577. The molecule has 1 aromatic carbocycles. The van der Waals surface area contributed by atoms with Gasteiger partial charge in [0.25, 0.3) is 0 Å². The van der Waals surface area contributed by atoms with E-state index >= 15 is 0 Å². The molecule has 20 heavy (non-hydrogen) atoms. The predicted molar refractivity (Wildman–Crippen MR) is 74.2 cm³/mol. The molecule has 0 aliphatic heterocycles. The van der Waals surface area contributed by atoms with E-state index in [-0.39, 0.29) is 11.4 Å². The van der Waals surface area contributed by atoms with Crippen LogP contribution < -0.4 is 10.5 Å². The Morgan fingerprint density at radius 1 is 1.30 bits per heavy atom. The highest BCUT2D eigenvalue weighted by Crippen LogP contribution is 2.14. The van der Waals surface area contributed by atoms with Gasteiger partial charge in [0.2, 0.25) is 10.0 Å². The van der Waals surface area contributed by atoms with E-state index in [9.17, 15) is 8.42 Å². The Kier molecular flexibility index (Phi) is 4.83. The van der Waals surface area contributed by atoms with Gasteiger partial charge >= 0.3 is 0 Å². The van der Waals surface area contributed by atoms with Crippen LogP contribution in [0.4, 0.5) is 0 Å². The Balaban J connectivity index is 1.94. The van der Waals surface area contributed by atoms with Crippen molar-refractivity contribution in [3.05, 3.63) is 42.0 Å². The maximum atomic E-state index is 12.2. The summed E-state index contributed by atoms with van der Waals surface area (Å²) in [6.45, 7) is 0.525. The third-order valence-electron chi connectivity index (χ3n) is 2.83. The molecule has 0 radical (unpaired) electrons. The molecule has 1 aromatic heterocycles. The second-order valence-corrected chi connectivity index (χ2v) is 5.98. The van der Waals surface area contributed by atoms with Crippen molar-refractivity contribution >= 4 is 10.0 Å². The Morgan fingerprint density at radius 2 is 2.10 bits per heavy atom. The summed E-state index contributed by atoms with van der Waals surface area (Å²) in [5.41, 5.74) is 6.16. The summed E-state index contributed by atoms with van der Waals surface area (Å²) < 4.78 is 26.9. The fraction of sp³-hybridized carbons (Fsp3) is 0.333. The Hall–Kier alpha value is -1.77. The molecule has 0 spiro atoms. The summed E-state index contributed by atoms with van der Waals surface area (Å²) in [7, 11) is -3.52. The number of nitrogens with zero attached hydrogens (tertiary/aromatic N) is 2. The lowest BCUT2D eigenvalue weighted by Crippen LogP contribution is -2.26. The smallest absolute Gasteiger partial charge is 0.240 e. The van der Waals surface area contributed by atoms with Gasteiger partial charge in [-0.15, -0.1) is 0 Å². The van der Waals surface area contributed by atoms with Crippen LogP contribution >= 0.6 is 0 Å². The molecule has 0 saturated carbocycles. The number of sulfonamides is 1. The van der Waals surface area contributed by atoms with Gasteiger partial charge in [-0.2, -0.15) is 5.10 Å². The van der Waals surface area contributed by atoms with E-state index in [1.807, 2.05) is 0 Å². The molecule has 0 fully saturated rings. The van der Waals surface area contributed by atoms with Gasteiger partial charge in [0.05, 0.1) is 4.90 Å². The lowest BCUT2D eigenvalue weighted by Gasteiger charge is -2.09. The highest BCUT2D eigenvalue weighted by atomic mass is 32.2. The van der Waals surface area contributed by atoms with E-state index < -0.39 is 10.0 Å². The molecule has 0 saturated heterocycles. The van der Waals surface area contributed by atoms with Crippen LogP contribution in [0, 0.1) is 0 Å². The van der Waals surface area contributed by atoms with Crippen LogP contribution in [0.3, 0.4) is 0 Å². The zero-order valence-electron chi connectivity index (χ0n) is 10.9. The van der Waals surface area contributed by atoms with Crippen molar-refractivity contribution in [2.75, 3.05) is 6.54 Å². The minimum absolute atomic E-state index is 0.190. The fourth-order valence-corrected chi connectivity index (χ4v) is 3.15. The normalized spacial score (nSPS) is 11.7. The van der Waals surface area contributed by atoms with Gasteiger partial charge in [-0.1, -0.05) is 18.2 Å². The van der Waals surface area contributed by atoms with Gasteiger partial charge in [-0.25, -0.2) is 18.1 Å². The largest absolute Gasteiger partial charge is 0.326 e. The molecule has 1 heterocycles. The first kappa shape index (κ1) is 14.6. The molecule has 2 rings (SSSR count). The maximum Gasteiger partial charge on any atom is 0.240 e. The number of aromatic nitrogens is 3. The van der Waals surface area contributed by atoms with E-state index in [0.29, 0.717) is 24.9 Å². The molecule has 8 heteroatoms. The van der Waals surface area contributed by atoms with Crippen molar-refractivity contribution in [1.82, 2.24) is 19.9 Å². The second-order valence-electron chi connectivity index (χ2n) is 4.25. The molecule has 0 amide bonds. The SMILES string of the molecule is NCc1ccccc1S(=O)(=O)NCCCc1ncn[nH]1. The van der Waals surface area contributed by atoms with Crippen molar-refractivity contribution in [2.24, 2.45) is 5.73 Å². The van der Waals surface area contributed by atoms with Crippen molar-refractivity contribution in [2.45, 2.75) is 24.3 Å². The first-order chi connectivity index (χ1) is 9.63. The predicted octanol–water partition coefficient (Wildman–Crippen LogP) is 0.174. The van der Waals surface area contributed by atoms with Gasteiger partial charge in [0.15, 0.2) is 0 Å². The van der Waals surface area contributed by atoms with Gasteiger partial charge < -0.3 is 5.73 Å². The molecular weight excluding hydrogens is 278 g/mol. The maximum absolute atomic E-state index is 12.2. The number of aryl methyl sites for hydroxylation is 1. The Bertz CT molecular complexity index is 640. The first-order valence-electron chi connectivity index (χ1n) is 6.25. The number of nitrogens with two attached hydrogens (primary N) is 1. The summed E-state index contributed by atoms with van der Waals surface area (Å²) in [5.74, 6) is 0.742. The minimum atomic E-state index is -3.52. The minimum Gasteiger partial charge on any atom is -0.326 e. The number of benzene rings is 1. The molecule has 0 aliphatic carbocycles. The van der Waals surface area contributed by atoms with Crippen LogP contribution in [-0.4, -0.2) is 30.1 Å². The van der Waals surface area contributed by atoms with E-state index in [0.717, 1.165) is 5.82 Å². The zero-order valence-corrected chi connectivity index (χ0v) is 11.7. The fourth-order valence-electron chi connectivity index (χ4n) is 1.83. The van der Waals surface area contributed by atoms with Crippen molar-refractivity contribution < 1.29 is 8.42 Å². The highest BCUT2D eigenvalue weighted by Gasteiger charge is 2.16. The average molecular weight is 295 g/mol. The monoisotopic (exact) mass is 295 g/mol. The number of rotatable bonds is 7. The standard InChI is InChI=1S/C12H17N5O2S/c13-8-10-4-1-2-5-11(10)20(18,19)16-7-3-6-12-14-9-15-17-12/h1-2,4-5,9,16H,3,6-8,13H2,(H,14,15,17). The van der Waals surface area contributed by atoms with Gasteiger partial charge in [-0.05, 0) is 18.1 Å². The quantitative estimate of drug-likeness (QED) is 0.630. The summed E-state index contributed by atoms with van der Waals surface area (Å²) >= 11 is 0. The van der Waals surface area contributed by atoms with Gasteiger partial charge in [0, 0.05) is 19.5 Å². The summed E-state index contributed by atoms with van der Waals surface area (Å²) in [6, 6.07) is 6.72. The molecule has 4 N–H and O–H groups in total. The van der Waals surface area contributed by atoms with Crippen molar-refractivity contribution in [3.8, 4) is 0 Å². The molecular formula is C12H17N5O2S. The van der Waals surface area contributed by atoms with Crippen LogP contribution in [0.15, 0.2) is 35.5 Å². The third kappa shape index (κ3) is 3.62. The van der Waals surface area contributed by atoms with Gasteiger partial charge in [0.1, 0.15) is 12.2 Å². The van der Waals surface area contributed by atoms with Crippen LogP contribution in [0.1, 0.15) is 17.8 Å². The van der Waals surface area contributed by atoms with Crippen LogP contribution in [-0.2, 0) is 23.0 Å². The number of aromatic amines is 1. The van der Waals surface area contributed by atoms with E-state index in [4.69, 9.17) is 5.73 Å². The topological polar surface area (TPSA) is 114 Å². The van der Waals surface area contributed by atoms with E-state index in [1.54, 1.807) is 24.3 Å². The number of hydrogen-bond acceptors (Lipinski definition) is 5. The molecule has 7 nitrogen and oxygen atoms in total. The summed E-state index contributed by atoms with van der Waals surface area (Å²) in [4.78, 5) is 4.21. The Labute approximate surface area is 117 Å². The molecule has 0 unspecified atom stereocenters. The van der Waals surface area contributed by atoms with Crippen LogP contribution in [0.25, 0.3) is 0 Å². The first-order valence-corrected chi connectivity index (χ1v) is 7.73. The number of H-pyrrole nitrogens is 1. The lowest BCUT2D eigenvalue weighted by atomic mass is 10.2. The molecule has 0 bridgehead atoms. The van der Waals surface area contributed by atoms with Crippen LogP contribution in [0.5, 0.6) is 0 Å². The molecule has 108 valence electrons. The summed E-state index contributed by atoms with van der Waals surface area (Å²) in [6.07, 6.45) is 2.71. The van der Waals surface area contributed by atoms with Crippen LogP contribution in [0.2, 0.25) is 0 Å². The third-order valence-corrected chi connectivity index (χ3v) is 4.39. The second kappa shape index (κ2) is 6.60. The molecule has 2 aromatic rings. The highest BCUT2D eigenvalue weighted by molar-refractivity contribution is 7.89. The number of nitrogens with one attached hydrogen (secondary N) is 2. The number of hydrogen-bond donors (Lipinski definition) is 3. The zero-order chi connectivity index (χ0) is 14.4.